The summed E-state index contributed by atoms with van der Waals surface area (Å²) >= 11 is 0. The van der Waals surface area contributed by atoms with Gasteiger partial charge >= 0.3 is 5.97 Å². The van der Waals surface area contributed by atoms with Gasteiger partial charge in [0.25, 0.3) is 5.91 Å². The highest BCUT2D eigenvalue weighted by Crippen LogP contribution is 2.45. The first-order valence-electron chi connectivity index (χ1n) is 7.88. The zero-order valence-electron chi connectivity index (χ0n) is 13.8. The van der Waals surface area contributed by atoms with Crippen LogP contribution in [-0.4, -0.2) is 49.3 Å². The number of nitrogens with one attached hydrogen (secondary N) is 1. The van der Waals surface area contributed by atoms with Crippen LogP contribution in [0.5, 0.6) is 0 Å². The van der Waals surface area contributed by atoms with E-state index in [0.29, 0.717) is 31.5 Å². The Labute approximate surface area is 141 Å². The fourth-order valence-electron chi connectivity index (χ4n) is 2.46. The van der Waals surface area contributed by atoms with E-state index in [1.807, 2.05) is 0 Å². The van der Waals surface area contributed by atoms with Gasteiger partial charge in [-0.3, -0.25) is 9.59 Å². The molecule has 0 saturated heterocycles. The topological polar surface area (TPSA) is 104 Å². The van der Waals surface area contributed by atoms with Gasteiger partial charge in [-0.25, -0.2) is 8.42 Å². The maximum atomic E-state index is 12.4. The molecule has 2 N–H and O–H groups in total. The number of hydrogen-bond donors (Lipinski definition) is 2. The van der Waals surface area contributed by atoms with E-state index in [1.165, 1.54) is 28.6 Å². The van der Waals surface area contributed by atoms with Crippen LogP contribution >= 0.6 is 0 Å². The molecule has 0 aromatic heterocycles. The Morgan fingerprint density at radius 3 is 2.12 bits per heavy atom. The standard InChI is InChI=1S/C16H22N2O5S/c1-3-18(4-2)24(22,23)13-7-5-12(6-8-13)14(19)17-11-16(9-10-16)15(20)21/h5-8H,3-4,9-11H2,1-2H3,(H,17,19)(H,20,21). The molecule has 0 radical (unpaired) electrons. The first kappa shape index (κ1) is 18.4. The molecular formula is C16H22N2O5S. The van der Waals surface area contributed by atoms with Crippen molar-refractivity contribution in [1.29, 1.82) is 0 Å². The van der Waals surface area contributed by atoms with Crippen LogP contribution < -0.4 is 5.32 Å². The van der Waals surface area contributed by atoms with Gasteiger partial charge in [0.1, 0.15) is 0 Å². The van der Waals surface area contributed by atoms with Crippen LogP contribution in [0.4, 0.5) is 0 Å². The molecule has 2 rings (SSSR count). The lowest BCUT2D eigenvalue weighted by Gasteiger charge is -2.18. The summed E-state index contributed by atoms with van der Waals surface area (Å²) in [6.07, 6.45) is 1.12. The van der Waals surface area contributed by atoms with Crippen molar-refractivity contribution in [1.82, 2.24) is 9.62 Å². The van der Waals surface area contributed by atoms with E-state index in [4.69, 9.17) is 5.11 Å². The number of carboxylic acid groups (broad SMARTS) is 1. The Kier molecular flexibility index (Phi) is 5.29. The summed E-state index contributed by atoms with van der Waals surface area (Å²) < 4.78 is 26.1. The molecule has 1 aliphatic rings. The lowest BCUT2D eigenvalue weighted by atomic mass is 10.1. The van der Waals surface area contributed by atoms with Crippen molar-refractivity contribution < 1.29 is 23.1 Å². The molecule has 0 spiro atoms. The highest BCUT2D eigenvalue weighted by Gasteiger charge is 2.50. The summed E-state index contributed by atoms with van der Waals surface area (Å²) in [5.41, 5.74) is -0.531. The molecule has 7 nitrogen and oxygen atoms in total. The van der Waals surface area contributed by atoms with Gasteiger partial charge in [0.15, 0.2) is 0 Å². The van der Waals surface area contributed by atoms with E-state index in [2.05, 4.69) is 5.32 Å². The summed E-state index contributed by atoms with van der Waals surface area (Å²) in [6.45, 7) is 4.36. The molecule has 8 heteroatoms. The second-order valence-corrected chi connectivity index (χ2v) is 7.82. The average Bonchev–Trinajstić information content (AvgIpc) is 3.35. The third-order valence-corrected chi connectivity index (χ3v) is 6.42. The molecule has 1 saturated carbocycles. The van der Waals surface area contributed by atoms with Crippen molar-refractivity contribution in [3.63, 3.8) is 0 Å². The van der Waals surface area contributed by atoms with Crippen molar-refractivity contribution in [3.05, 3.63) is 29.8 Å². The number of amides is 1. The van der Waals surface area contributed by atoms with Gasteiger partial charge in [-0.05, 0) is 37.1 Å². The van der Waals surface area contributed by atoms with Gasteiger partial charge in [0.2, 0.25) is 10.0 Å². The Bertz CT molecular complexity index is 719. The lowest BCUT2D eigenvalue weighted by Crippen LogP contribution is -2.34. The van der Waals surface area contributed by atoms with E-state index in [-0.39, 0.29) is 11.4 Å². The molecule has 0 unspecified atom stereocenters. The van der Waals surface area contributed by atoms with Gasteiger partial charge in [0, 0.05) is 25.2 Å². The fraction of sp³-hybridized carbons (Fsp3) is 0.500. The summed E-state index contributed by atoms with van der Waals surface area (Å²) in [7, 11) is -3.56. The van der Waals surface area contributed by atoms with E-state index in [9.17, 15) is 18.0 Å². The van der Waals surface area contributed by atoms with E-state index in [1.54, 1.807) is 13.8 Å². The highest BCUT2D eigenvalue weighted by molar-refractivity contribution is 7.89. The van der Waals surface area contributed by atoms with Crippen molar-refractivity contribution >= 4 is 21.9 Å². The number of rotatable bonds is 8. The van der Waals surface area contributed by atoms with Crippen LogP contribution in [0.3, 0.4) is 0 Å². The summed E-state index contributed by atoms with van der Waals surface area (Å²) in [5, 5.41) is 11.7. The van der Waals surface area contributed by atoms with E-state index < -0.39 is 27.3 Å². The van der Waals surface area contributed by atoms with Crippen molar-refractivity contribution in [2.75, 3.05) is 19.6 Å². The predicted octanol–water partition coefficient (Wildman–Crippen LogP) is 1.31. The van der Waals surface area contributed by atoms with Crippen LogP contribution in [0.1, 0.15) is 37.0 Å². The van der Waals surface area contributed by atoms with Gasteiger partial charge in [-0.2, -0.15) is 4.31 Å². The van der Waals surface area contributed by atoms with Crippen LogP contribution in [0.25, 0.3) is 0 Å². The first-order chi connectivity index (χ1) is 11.3. The Morgan fingerprint density at radius 2 is 1.71 bits per heavy atom. The lowest BCUT2D eigenvalue weighted by molar-refractivity contribution is -0.143. The Hall–Kier alpha value is -1.93. The molecule has 0 aliphatic heterocycles. The van der Waals surface area contributed by atoms with Gasteiger partial charge in [-0.15, -0.1) is 0 Å². The molecule has 24 heavy (non-hydrogen) atoms. The van der Waals surface area contributed by atoms with Crippen LogP contribution in [0.2, 0.25) is 0 Å². The van der Waals surface area contributed by atoms with Gasteiger partial charge in [-0.1, -0.05) is 13.8 Å². The average molecular weight is 354 g/mol. The number of carboxylic acids is 1. The van der Waals surface area contributed by atoms with E-state index >= 15 is 0 Å². The molecule has 0 heterocycles. The molecular weight excluding hydrogens is 332 g/mol. The number of benzene rings is 1. The number of sulfonamides is 1. The van der Waals surface area contributed by atoms with Gasteiger partial charge in [0.05, 0.1) is 10.3 Å². The molecule has 1 aliphatic carbocycles. The van der Waals surface area contributed by atoms with Crippen molar-refractivity contribution in [2.24, 2.45) is 5.41 Å². The molecule has 1 fully saturated rings. The molecule has 132 valence electrons. The zero-order chi connectivity index (χ0) is 18.0. The SMILES string of the molecule is CCN(CC)S(=O)(=O)c1ccc(C(=O)NCC2(C(=O)O)CC2)cc1. The van der Waals surface area contributed by atoms with Gasteiger partial charge < -0.3 is 10.4 Å². The van der Waals surface area contributed by atoms with E-state index in [0.717, 1.165) is 0 Å². The largest absolute Gasteiger partial charge is 0.481 e. The van der Waals surface area contributed by atoms with Crippen LogP contribution in [-0.2, 0) is 14.8 Å². The minimum atomic E-state index is -3.56. The minimum absolute atomic E-state index is 0.0840. The van der Waals surface area contributed by atoms with Crippen LogP contribution in [0.15, 0.2) is 29.2 Å². The number of nitrogens with zero attached hydrogens (tertiary/aromatic N) is 1. The smallest absolute Gasteiger partial charge is 0.311 e. The maximum absolute atomic E-state index is 12.4. The number of hydrogen-bond acceptors (Lipinski definition) is 4. The maximum Gasteiger partial charge on any atom is 0.311 e. The number of carbonyl (C=O) groups is 2. The van der Waals surface area contributed by atoms with Crippen molar-refractivity contribution in [3.8, 4) is 0 Å². The predicted molar refractivity (Wildman–Crippen MR) is 88.2 cm³/mol. The normalized spacial score (nSPS) is 16.0. The zero-order valence-corrected chi connectivity index (χ0v) is 14.6. The fourth-order valence-corrected chi connectivity index (χ4v) is 3.92. The molecule has 0 bridgehead atoms. The first-order valence-corrected chi connectivity index (χ1v) is 9.32. The molecule has 1 amide bonds. The number of aliphatic carboxylic acids is 1. The summed E-state index contributed by atoms with van der Waals surface area (Å²) in [5.74, 6) is -1.31. The quantitative estimate of drug-likeness (QED) is 0.732. The summed E-state index contributed by atoms with van der Waals surface area (Å²) in [6, 6.07) is 5.66. The monoisotopic (exact) mass is 354 g/mol. The molecule has 1 aromatic carbocycles. The third kappa shape index (κ3) is 3.59. The number of carbonyl (C=O) groups excluding carboxylic acids is 1. The second-order valence-electron chi connectivity index (χ2n) is 5.88. The molecule has 0 atom stereocenters. The Balaban J connectivity index is 2.06. The Morgan fingerprint density at radius 1 is 1.17 bits per heavy atom. The third-order valence-electron chi connectivity index (χ3n) is 4.35. The summed E-state index contributed by atoms with van der Waals surface area (Å²) in [4.78, 5) is 23.3. The molecule has 1 aromatic rings. The van der Waals surface area contributed by atoms with Crippen LogP contribution in [0, 0.1) is 5.41 Å². The van der Waals surface area contributed by atoms with Crippen molar-refractivity contribution in [2.45, 2.75) is 31.6 Å². The minimum Gasteiger partial charge on any atom is -0.481 e. The second kappa shape index (κ2) is 6.90. The highest BCUT2D eigenvalue weighted by atomic mass is 32.2.